The fourth-order valence-corrected chi connectivity index (χ4v) is 2.53. The van der Waals surface area contributed by atoms with Gasteiger partial charge in [0.1, 0.15) is 6.04 Å². The van der Waals surface area contributed by atoms with Crippen LogP contribution in [0.25, 0.3) is 0 Å². The van der Waals surface area contributed by atoms with Crippen molar-refractivity contribution in [1.82, 2.24) is 10.6 Å². The number of rotatable bonds is 3. The molecule has 0 aromatic rings. The number of hydrogen-bond acceptors (Lipinski definition) is 4. The van der Waals surface area contributed by atoms with Gasteiger partial charge in [0.2, 0.25) is 5.91 Å². The van der Waals surface area contributed by atoms with Crippen molar-refractivity contribution in [2.45, 2.75) is 31.3 Å². The van der Waals surface area contributed by atoms with Crippen molar-refractivity contribution in [2.24, 2.45) is 11.7 Å². The van der Waals surface area contributed by atoms with E-state index in [9.17, 15) is 4.79 Å². The summed E-state index contributed by atoms with van der Waals surface area (Å²) in [5.74, 6) is 0.513. The van der Waals surface area contributed by atoms with Crippen molar-refractivity contribution in [3.8, 4) is 0 Å². The third-order valence-corrected chi connectivity index (χ3v) is 3.53. The summed E-state index contributed by atoms with van der Waals surface area (Å²) in [6, 6.07) is 0.0778. The predicted octanol–water partition coefficient (Wildman–Crippen LogP) is -0.782. The van der Waals surface area contributed by atoms with Crippen LogP contribution in [0.3, 0.4) is 0 Å². The number of nitrogens with one attached hydrogen (secondary N) is 2. The quantitative estimate of drug-likeness (QED) is 0.591. The second kappa shape index (κ2) is 5.61. The second-order valence-corrected chi connectivity index (χ2v) is 4.62. The molecule has 0 aromatic heterocycles. The van der Waals surface area contributed by atoms with Crippen molar-refractivity contribution in [2.75, 3.05) is 26.3 Å². The number of amides is 1. The van der Waals surface area contributed by atoms with E-state index in [2.05, 4.69) is 10.6 Å². The minimum absolute atomic E-state index is 0.0602. The van der Waals surface area contributed by atoms with Crippen LogP contribution < -0.4 is 16.4 Å². The van der Waals surface area contributed by atoms with Gasteiger partial charge >= 0.3 is 0 Å². The van der Waals surface area contributed by atoms with Crippen molar-refractivity contribution in [3.05, 3.63) is 0 Å². The molecule has 0 bridgehead atoms. The molecule has 4 N–H and O–H groups in total. The second-order valence-electron chi connectivity index (χ2n) is 4.62. The average molecular weight is 227 g/mol. The van der Waals surface area contributed by atoms with Crippen LogP contribution in [0.15, 0.2) is 0 Å². The maximum Gasteiger partial charge on any atom is 0.239 e. The van der Waals surface area contributed by atoms with Crippen LogP contribution in [-0.4, -0.2) is 44.3 Å². The predicted molar refractivity (Wildman–Crippen MR) is 60.9 cm³/mol. The SMILES string of the molecule is NCC1CCCC1NC(=O)C1COCCN1. The van der Waals surface area contributed by atoms with Gasteiger partial charge in [0, 0.05) is 12.6 Å². The molecule has 0 spiro atoms. The van der Waals surface area contributed by atoms with Gasteiger partial charge in [-0.1, -0.05) is 6.42 Å². The molecule has 0 aromatic carbocycles. The van der Waals surface area contributed by atoms with Crippen LogP contribution in [0.4, 0.5) is 0 Å². The van der Waals surface area contributed by atoms with Crippen LogP contribution >= 0.6 is 0 Å². The average Bonchev–Trinajstić information content (AvgIpc) is 2.77. The van der Waals surface area contributed by atoms with Crippen LogP contribution in [0.2, 0.25) is 0 Å². The first-order valence-corrected chi connectivity index (χ1v) is 6.13. The largest absolute Gasteiger partial charge is 0.378 e. The van der Waals surface area contributed by atoms with E-state index in [1.165, 1.54) is 6.42 Å². The van der Waals surface area contributed by atoms with Gasteiger partial charge in [-0.05, 0) is 25.3 Å². The van der Waals surface area contributed by atoms with Gasteiger partial charge in [-0.2, -0.15) is 0 Å². The lowest BCUT2D eigenvalue weighted by atomic mass is 10.0. The fourth-order valence-electron chi connectivity index (χ4n) is 2.53. The highest BCUT2D eigenvalue weighted by molar-refractivity contribution is 5.82. The molecular weight excluding hydrogens is 206 g/mol. The Morgan fingerprint density at radius 2 is 2.38 bits per heavy atom. The van der Waals surface area contributed by atoms with E-state index in [0.29, 0.717) is 25.7 Å². The Labute approximate surface area is 96.1 Å². The molecule has 2 fully saturated rings. The summed E-state index contributed by atoms with van der Waals surface area (Å²) < 4.78 is 5.27. The Kier molecular flexibility index (Phi) is 4.15. The van der Waals surface area contributed by atoms with Crippen LogP contribution in [0.1, 0.15) is 19.3 Å². The maximum atomic E-state index is 11.9. The summed E-state index contributed by atoms with van der Waals surface area (Å²) in [6.07, 6.45) is 3.36. The van der Waals surface area contributed by atoms with Gasteiger partial charge in [-0.3, -0.25) is 4.79 Å². The van der Waals surface area contributed by atoms with E-state index in [-0.39, 0.29) is 18.0 Å². The highest BCUT2D eigenvalue weighted by Gasteiger charge is 2.30. The molecule has 1 heterocycles. The lowest BCUT2D eigenvalue weighted by Gasteiger charge is -2.26. The lowest BCUT2D eigenvalue weighted by Crippen LogP contribution is -2.54. The topological polar surface area (TPSA) is 76.4 Å². The molecule has 2 aliphatic rings. The molecule has 1 amide bonds. The van der Waals surface area contributed by atoms with E-state index in [1.807, 2.05) is 0 Å². The first-order valence-electron chi connectivity index (χ1n) is 6.13. The normalized spacial score (nSPS) is 34.9. The van der Waals surface area contributed by atoms with Gasteiger partial charge in [-0.15, -0.1) is 0 Å². The molecule has 0 radical (unpaired) electrons. The third-order valence-electron chi connectivity index (χ3n) is 3.53. The van der Waals surface area contributed by atoms with Crippen molar-refractivity contribution < 1.29 is 9.53 Å². The van der Waals surface area contributed by atoms with E-state index in [0.717, 1.165) is 19.4 Å². The molecule has 1 saturated carbocycles. The van der Waals surface area contributed by atoms with Gasteiger partial charge in [0.15, 0.2) is 0 Å². The first-order chi connectivity index (χ1) is 7.81. The van der Waals surface area contributed by atoms with Gasteiger partial charge in [0.25, 0.3) is 0 Å². The van der Waals surface area contributed by atoms with Crippen molar-refractivity contribution in [3.63, 3.8) is 0 Å². The Hall–Kier alpha value is -0.650. The molecule has 5 heteroatoms. The molecule has 92 valence electrons. The number of hydrogen-bond donors (Lipinski definition) is 3. The first kappa shape index (κ1) is 11.8. The van der Waals surface area contributed by atoms with E-state index in [4.69, 9.17) is 10.5 Å². The van der Waals surface area contributed by atoms with Gasteiger partial charge in [-0.25, -0.2) is 0 Å². The van der Waals surface area contributed by atoms with Gasteiger partial charge in [0.05, 0.1) is 13.2 Å². The molecule has 5 nitrogen and oxygen atoms in total. The summed E-state index contributed by atoms with van der Waals surface area (Å²) in [5.41, 5.74) is 5.69. The standard InChI is InChI=1S/C11H21N3O2/c12-6-8-2-1-3-9(8)14-11(15)10-7-16-5-4-13-10/h8-10,13H,1-7,12H2,(H,14,15). The summed E-state index contributed by atoms with van der Waals surface area (Å²) in [4.78, 5) is 11.9. The highest BCUT2D eigenvalue weighted by Crippen LogP contribution is 2.24. The maximum absolute atomic E-state index is 11.9. The number of nitrogens with two attached hydrogens (primary N) is 1. The molecule has 1 aliphatic carbocycles. The van der Waals surface area contributed by atoms with E-state index < -0.39 is 0 Å². The van der Waals surface area contributed by atoms with Crippen LogP contribution in [-0.2, 0) is 9.53 Å². The monoisotopic (exact) mass is 227 g/mol. The number of morpholine rings is 1. The third kappa shape index (κ3) is 2.72. The molecule has 1 saturated heterocycles. The molecular formula is C11H21N3O2. The summed E-state index contributed by atoms with van der Waals surface area (Å²) in [5, 5.41) is 6.25. The Morgan fingerprint density at radius 3 is 3.06 bits per heavy atom. The fraction of sp³-hybridized carbons (Fsp3) is 0.909. The minimum atomic E-state index is -0.187. The van der Waals surface area contributed by atoms with Crippen LogP contribution in [0, 0.1) is 5.92 Å². The Bertz CT molecular complexity index is 241. The Morgan fingerprint density at radius 1 is 1.50 bits per heavy atom. The zero-order chi connectivity index (χ0) is 11.4. The summed E-state index contributed by atoms with van der Waals surface area (Å²) >= 11 is 0. The van der Waals surface area contributed by atoms with E-state index in [1.54, 1.807) is 0 Å². The van der Waals surface area contributed by atoms with E-state index >= 15 is 0 Å². The molecule has 2 rings (SSSR count). The molecule has 1 aliphatic heterocycles. The van der Waals surface area contributed by atoms with Crippen molar-refractivity contribution in [1.29, 1.82) is 0 Å². The van der Waals surface area contributed by atoms with Gasteiger partial charge < -0.3 is 21.1 Å². The zero-order valence-electron chi connectivity index (χ0n) is 9.58. The smallest absolute Gasteiger partial charge is 0.239 e. The lowest BCUT2D eigenvalue weighted by molar-refractivity contribution is -0.126. The number of ether oxygens (including phenoxy) is 1. The summed E-state index contributed by atoms with van der Waals surface area (Å²) in [7, 11) is 0. The van der Waals surface area contributed by atoms with Crippen LogP contribution in [0.5, 0.6) is 0 Å². The molecule has 3 atom stereocenters. The minimum Gasteiger partial charge on any atom is -0.378 e. The van der Waals surface area contributed by atoms with Crippen molar-refractivity contribution >= 4 is 5.91 Å². The number of carbonyl (C=O) groups is 1. The number of carbonyl (C=O) groups excluding carboxylic acids is 1. The Balaban J connectivity index is 1.81. The highest BCUT2D eigenvalue weighted by atomic mass is 16.5. The summed E-state index contributed by atoms with van der Waals surface area (Å²) in [6.45, 7) is 2.59. The molecule has 16 heavy (non-hydrogen) atoms. The zero-order valence-corrected chi connectivity index (χ0v) is 9.58. The molecule has 3 unspecified atom stereocenters.